The second-order valence-electron chi connectivity index (χ2n) is 2.29. The molecule has 0 aliphatic rings. The van der Waals surface area contributed by atoms with Crippen LogP contribution in [-0.4, -0.2) is 15.5 Å². The van der Waals surface area contributed by atoms with Crippen molar-refractivity contribution >= 4 is 31.8 Å². The van der Waals surface area contributed by atoms with Crippen molar-refractivity contribution in [2.45, 2.75) is 0 Å². The van der Waals surface area contributed by atoms with Crippen LogP contribution in [0.25, 0.3) is 0 Å². The van der Waals surface area contributed by atoms with Crippen molar-refractivity contribution in [2.24, 2.45) is 0 Å². The number of benzene rings is 1. The van der Waals surface area contributed by atoms with Crippen LogP contribution in [0.2, 0.25) is 0 Å². The molecule has 0 aliphatic carbocycles. The summed E-state index contributed by atoms with van der Waals surface area (Å²) in [7, 11) is -1.21. The van der Waals surface area contributed by atoms with E-state index in [2.05, 4.69) is 15.9 Å². The van der Waals surface area contributed by atoms with E-state index in [4.69, 9.17) is 5.41 Å². The summed E-state index contributed by atoms with van der Waals surface area (Å²) in [4.78, 5) is 0. The largest absolute Gasteiger partial charge is 0.291 e. The van der Waals surface area contributed by atoms with E-state index in [0.717, 1.165) is 4.47 Å². The van der Waals surface area contributed by atoms with Crippen molar-refractivity contribution in [1.29, 1.82) is 5.41 Å². The lowest BCUT2D eigenvalue weighted by Crippen LogP contribution is -2.05. The first kappa shape index (κ1) is 9.61. The quantitative estimate of drug-likeness (QED) is 0.598. The minimum atomic E-state index is -1.21. The Balaban J connectivity index is 3.04. The third-order valence-electron chi connectivity index (χ3n) is 1.37. The molecule has 1 rings (SSSR count). The molecule has 1 atom stereocenters. The van der Waals surface area contributed by atoms with Crippen LogP contribution in [0.3, 0.4) is 0 Å². The van der Waals surface area contributed by atoms with Crippen molar-refractivity contribution in [3.63, 3.8) is 0 Å². The van der Waals surface area contributed by atoms with Gasteiger partial charge in [0.1, 0.15) is 5.04 Å². The van der Waals surface area contributed by atoms with Gasteiger partial charge in [-0.15, -0.1) is 0 Å². The number of hydrogen-bond donors (Lipinski definition) is 1. The minimum absolute atomic E-state index is 0.163. The highest BCUT2D eigenvalue weighted by molar-refractivity contribution is 9.10. The molecule has 0 aromatic heterocycles. The van der Waals surface area contributed by atoms with Crippen LogP contribution in [0.4, 0.5) is 0 Å². The van der Waals surface area contributed by atoms with Gasteiger partial charge in [0.05, 0.1) is 10.8 Å². The molecule has 0 spiro atoms. The number of hydrogen-bond acceptors (Lipinski definition) is 2. The normalized spacial score (nSPS) is 12.5. The summed E-state index contributed by atoms with van der Waals surface area (Å²) in [5.41, 5.74) is 0.699. The summed E-state index contributed by atoms with van der Waals surface area (Å²) >= 11 is 3.28. The van der Waals surface area contributed by atoms with E-state index in [0.29, 0.717) is 5.56 Å². The monoisotopic (exact) mass is 245 g/mol. The zero-order chi connectivity index (χ0) is 9.14. The number of rotatable bonds is 1. The van der Waals surface area contributed by atoms with Gasteiger partial charge < -0.3 is 0 Å². The lowest BCUT2D eigenvalue weighted by atomic mass is 10.2. The molecule has 1 N–H and O–H groups in total. The fourth-order valence-corrected chi connectivity index (χ4v) is 1.65. The summed E-state index contributed by atoms with van der Waals surface area (Å²) in [5.74, 6) is 0. The Labute approximate surface area is 82.1 Å². The molecule has 1 aromatic rings. The highest BCUT2D eigenvalue weighted by Crippen LogP contribution is 2.12. The lowest BCUT2D eigenvalue weighted by Gasteiger charge is -1.99. The van der Waals surface area contributed by atoms with Crippen LogP contribution in [0.1, 0.15) is 5.56 Å². The second kappa shape index (κ2) is 3.96. The highest BCUT2D eigenvalue weighted by atomic mass is 79.9. The topological polar surface area (TPSA) is 40.9 Å². The maximum atomic E-state index is 10.9. The second-order valence-corrected chi connectivity index (χ2v) is 4.53. The highest BCUT2D eigenvalue weighted by Gasteiger charge is 2.04. The van der Waals surface area contributed by atoms with Gasteiger partial charge in [-0.05, 0) is 12.1 Å². The van der Waals surface area contributed by atoms with Crippen LogP contribution < -0.4 is 0 Å². The van der Waals surface area contributed by atoms with E-state index in [9.17, 15) is 4.21 Å². The average molecular weight is 246 g/mol. The predicted octanol–water partition coefficient (Wildman–Crippen LogP) is 2.15. The molecule has 2 nitrogen and oxygen atoms in total. The first-order valence-electron chi connectivity index (χ1n) is 3.29. The fourth-order valence-electron chi connectivity index (χ4n) is 0.796. The lowest BCUT2D eigenvalue weighted by molar-refractivity contribution is 0.693. The molecule has 1 aromatic carbocycles. The predicted molar refractivity (Wildman–Crippen MR) is 55.0 cm³/mol. The van der Waals surface area contributed by atoms with Crippen molar-refractivity contribution in [3.8, 4) is 0 Å². The molecule has 64 valence electrons. The van der Waals surface area contributed by atoms with Gasteiger partial charge in [-0.3, -0.25) is 9.62 Å². The Hall–Kier alpha value is -0.480. The van der Waals surface area contributed by atoms with Gasteiger partial charge in [-0.1, -0.05) is 28.1 Å². The molecule has 0 fully saturated rings. The molecule has 0 aliphatic heterocycles. The fraction of sp³-hybridized carbons (Fsp3) is 0.125. The van der Waals surface area contributed by atoms with Crippen molar-refractivity contribution in [1.82, 2.24) is 0 Å². The van der Waals surface area contributed by atoms with Gasteiger partial charge in [0.2, 0.25) is 0 Å². The summed E-state index contributed by atoms with van der Waals surface area (Å²) in [5, 5.41) is 7.62. The molecule has 4 heteroatoms. The van der Waals surface area contributed by atoms with Crippen molar-refractivity contribution < 1.29 is 4.21 Å². The third kappa shape index (κ3) is 2.25. The van der Waals surface area contributed by atoms with E-state index in [1.165, 1.54) is 6.26 Å². The Kier molecular flexibility index (Phi) is 3.17. The van der Waals surface area contributed by atoms with Gasteiger partial charge in [0.25, 0.3) is 0 Å². The first-order valence-corrected chi connectivity index (χ1v) is 5.64. The van der Waals surface area contributed by atoms with E-state index < -0.39 is 10.8 Å². The zero-order valence-electron chi connectivity index (χ0n) is 6.50. The van der Waals surface area contributed by atoms with E-state index >= 15 is 0 Å². The maximum Gasteiger partial charge on any atom is 0.125 e. The minimum Gasteiger partial charge on any atom is -0.291 e. The van der Waals surface area contributed by atoms with Crippen LogP contribution in [0.15, 0.2) is 28.7 Å². The van der Waals surface area contributed by atoms with Gasteiger partial charge in [-0.25, -0.2) is 0 Å². The smallest absolute Gasteiger partial charge is 0.125 e. The van der Waals surface area contributed by atoms with Gasteiger partial charge in [0.15, 0.2) is 0 Å². The molecule has 1 unspecified atom stereocenters. The van der Waals surface area contributed by atoms with Gasteiger partial charge in [0, 0.05) is 16.3 Å². The van der Waals surface area contributed by atoms with Crippen LogP contribution in [0.5, 0.6) is 0 Å². The van der Waals surface area contributed by atoms with Crippen molar-refractivity contribution in [3.05, 3.63) is 34.3 Å². The summed E-state index contributed by atoms with van der Waals surface area (Å²) in [6, 6.07) is 7.24. The SMILES string of the molecule is CS(=O)C(=N)c1cccc(Br)c1. The standard InChI is InChI=1S/C8H8BrNOS/c1-12(11)8(10)6-3-2-4-7(9)5-6/h2-5,10H,1H3. The van der Waals surface area contributed by atoms with Gasteiger partial charge >= 0.3 is 0 Å². The van der Waals surface area contributed by atoms with E-state index in [1.54, 1.807) is 12.1 Å². The Morgan fingerprint density at radius 3 is 2.75 bits per heavy atom. The molecule has 0 saturated heterocycles. The molecular weight excluding hydrogens is 238 g/mol. The maximum absolute atomic E-state index is 10.9. The molecule has 0 heterocycles. The summed E-state index contributed by atoms with van der Waals surface area (Å²) < 4.78 is 11.8. The molecule has 0 radical (unpaired) electrons. The van der Waals surface area contributed by atoms with Crippen LogP contribution >= 0.6 is 15.9 Å². The number of nitrogens with one attached hydrogen (secondary N) is 1. The zero-order valence-corrected chi connectivity index (χ0v) is 8.91. The van der Waals surface area contributed by atoms with E-state index in [-0.39, 0.29) is 5.04 Å². The Bertz CT molecular complexity index is 338. The molecule has 0 bridgehead atoms. The van der Waals surface area contributed by atoms with Crippen LogP contribution in [-0.2, 0) is 10.8 Å². The Morgan fingerprint density at radius 2 is 2.25 bits per heavy atom. The van der Waals surface area contributed by atoms with Crippen LogP contribution in [0, 0.1) is 5.41 Å². The molecule has 0 amide bonds. The average Bonchev–Trinajstić information content (AvgIpc) is 2.03. The van der Waals surface area contributed by atoms with Gasteiger partial charge in [-0.2, -0.15) is 0 Å². The summed E-state index contributed by atoms with van der Waals surface area (Å²) in [6.07, 6.45) is 1.50. The Morgan fingerprint density at radius 1 is 1.58 bits per heavy atom. The summed E-state index contributed by atoms with van der Waals surface area (Å²) in [6.45, 7) is 0. The van der Waals surface area contributed by atoms with E-state index in [1.807, 2.05) is 12.1 Å². The molecular formula is C8H8BrNOS. The molecule has 12 heavy (non-hydrogen) atoms. The number of halogens is 1. The third-order valence-corrected chi connectivity index (χ3v) is 2.68. The van der Waals surface area contributed by atoms with Crippen molar-refractivity contribution in [2.75, 3.05) is 6.26 Å². The first-order chi connectivity index (χ1) is 5.61. The molecule has 0 saturated carbocycles.